The van der Waals surface area contributed by atoms with Crippen molar-refractivity contribution in [3.8, 4) is 5.75 Å². The van der Waals surface area contributed by atoms with E-state index in [9.17, 15) is 4.79 Å². The second-order valence-corrected chi connectivity index (χ2v) is 4.66. The van der Waals surface area contributed by atoms with Gasteiger partial charge in [0, 0.05) is 30.2 Å². The molecule has 0 amide bonds. The molecule has 0 aliphatic heterocycles. The number of rotatable bonds is 5. The Morgan fingerprint density at radius 2 is 1.84 bits per heavy atom. The molecule has 3 aromatic heterocycles. The van der Waals surface area contributed by atoms with Crippen LogP contribution >= 0.6 is 12.4 Å². The van der Waals surface area contributed by atoms with Crippen LogP contribution in [0, 0.1) is 0 Å². The molecule has 0 aliphatic rings. The number of hydrogen-bond donors (Lipinski definition) is 2. The third kappa shape index (κ3) is 4.45. The van der Waals surface area contributed by atoms with Gasteiger partial charge in [0.15, 0.2) is 5.75 Å². The van der Waals surface area contributed by atoms with Crippen molar-refractivity contribution in [1.82, 2.24) is 15.0 Å². The van der Waals surface area contributed by atoms with Gasteiger partial charge < -0.3 is 14.9 Å². The van der Waals surface area contributed by atoms with Gasteiger partial charge in [0.05, 0.1) is 24.0 Å². The Kier molecular flexibility index (Phi) is 6.30. The van der Waals surface area contributed by atoms with Crippen LogP contribution in [0.25, 0.3) is 10.9 Å². The van der Waals surface area contributed by atoms with Crippen molar-refractivity contribution in [3.63, 3.8) is 0 Å². The molecular weight excluding hydrogens is 346 g/mol. The summed E-state index contributed by atoms with van der Waals surface area (Å²) in [5, 5.41) is 0.695. The van der Waals surface area contributed by atoms with Crippen LogP contribution in [0.4, 0.5) is 16.2 Å². The maximum Gasteiger partial charge on any atom is 0.513 e. The van der Waals surface area contributed by atoms with Gasteiger partial charge in [-0.25, -0.2) is 4.79 Å². The number of pyridine rings is 3. The summed E-state index contributed by atoms with van der Waals surface area (Å²) in [4.78, 5) is 23.9. The van der Waals surface area contributed by atoms with Crippen molar-refractivity contribution < 1.29 is 14.3 Å². The SMILES string of the molecule is CCOC(=O)Oc1cnc2ccncc2c1NNc1ccncc1.Cl. The van der Waals surface area contributed by atoms with Gasteiger partial charge in [-0.2, -0.15) is 0 Å². The molecule has 0 aliphatic carbocycles. The van der Waals surface area contributed by atoms with E-state index < -0.39 is 6.16 Å². The van der Waals surface area contributed by atoms with Gasteiger partial charge in [-0.1, -0.05) is 0 Å². The molecule has 0 aromatic carbocycles. The number of carbonyl (C=O) groups excluding carboxylic acids is 1. The predicted molar refractivity (Wildman–Crippen MR) is 95.9 cm³/mol. The first-order valence-corrected chi connectivity index (χ1v) is 7.27. The molecule has 9 heteroatoms. The maximum absolute atomic E-state index is 11.6. The Morgan fingerprint density at radius 3 is 2.60 bits per heavy atom. The number of hydrazine groups is 1. The molecule has 2 N–H and O–H groups in total. The lowest BCUT2D eigenvalue weighted by Crippen LogP contribution is -2.15. The van der Waals surface area contributed by atoms with Gasteiger partial charge in [0.2, 0.25) is 0 Å². The molecule has 0 radical (unpaired) electrons. The Bertz CT molecular complexity index is 848. The van der Waals surface area contributed by atoms with Crippen LogP contribution in [0.2, 0.25) is 0 Å². The number of nitrogens with one attached hydrogen (secondary N) is 2. The first-order valence-electron chi connectivity index (χ1n) is 7.27. The van der Waals surface area contributed by atoms with Crippen molar-refractivity contribution in [2.75, 3.05) is 17.5 Å². The molecule has 130 valence electrons. The van der Waals surface area contributed by atoms with E-state index in [0.29, 0.717) is 16.6 Å². The number of aromatic nitrogens is 3. The predicted octanol–water partition coefficient (Wildman–Crippen LogP) is 3.42. The summed E-state index contributed by atoms with van der Waals surface area (Å²) in [5.41, 5.74) is 8.08. The van der Waals surface area contributed by atoms with Crippen LogP contribution in [-0.4, -0.2) is 27.7 Å². The van der Waals surface area contributed by atoms with Crippen molar-refractivity contribution in [2.45, 2.75) is 6.92 Å². The highest BCUT2D eigenvalue weighted by molar-refractivity contribution is 5.94. The summed E-state index contributed by atoms with van der Waals surface area (Å²) in [7, 11) is 0. The van der Waals surface area contributed by atoms with Crippen LogP contribution in [0.3, 0.4) is 0 Å². The van der Waals surface area contributed by atoms with Gasteiger partial charge in [-0.3, -0.25) is 20.4 Å². The van der Waals surface area contributed by atoms with Crippen LogP contribution < -0.4 is 15.6 Å². The average molecular weight is 362 g/mol. The third-order valence-electron chi connectivity index (χ3n) is 3.10. The number of nitrogens with zero attached hydrogens (tertiary/aromatic N) is 3. The number of halogens is 1. The number of hydrogen-bond acceptors (Lipinski definition) is 8. The molecule has 25 heavy (non-hydrogen) atoms. The minimum atomic E-state index is -0.797. The first-order chi connectivity index (χ1) is 11.8. The Morgan fingerprint density at radius 1 is 1.08 bits per heavy atom. The fourth-order valence-electron chi connectivity index (χ4n) is 2.03. The highest BCUT2D eigenvalue weighted by Crippen LogP contribution is 2.31. The Balaban J connectivity index is 0.00000225. The third-order valence-corrected chi connectivity index (χ3v) is 3.10. The Labute approximate surface area is 150 Å². The molecule has 8 nitrogen and oxygen atoms in total. The van der Waals surface area contributed by atoms with Crippen molar-refractivity contribution >= 4 is 40.8 Å². The smallest absolute Gasteiger partial charge is 0.434 e. The maximum atomic E-state index is 11.6. The fraction of sp³-hybridized carbons (Fsp3) is 0.125. The van der Waals surface area contributed by atoms with Crippen LogP contribution in [-0.2, 0) is 4.74 Å². The summed E-state index contributed by atoms with van der Waals surface area (Å²) >= 11 is 0. The Hall–Kier alpha value is -3.13. The topological polar surface area (TPSA) is 98.3 Å². The minimum Gasteiger partial charge on any atom is -0.434 e. The largest absolute Gasteiger partial charge is 0.513 e. The monoisotopic (exact) mass is 361 g/mol. The molecule has 0 atom stereocenters. The van der Waals surface area contributed by atoms with Crippen LogP contribution in [0.15, 0.2) is 49.2 Å². The molecule has 0 saturated heterocycles. The lowest BCUT2D eigenvalue weighted by molar-refractivity contribution is 0.104. The first kappa shape index (κ1) is 18.2. The minimum absolute atomic E-state index is 0. The van der Waals surface area contributed by atoms with Crippen molar-refractivity contribution in [3.05, 3.63) is 49.2 Å². The molecule has 0 unspecified atom stereocenters. The van der Waals surface area contributed by atoms with E-state index in [1.165, 1.54) is 6.20 Å². The lowest BCUT2D eigenvalue weighted by Gasteiger charge is -2.15. The standard InChI is InChI=1S/C16H15N5O3.ClH/c1-2-23-16(22)24-14-10-19-13-5-8-18-9-12(13)15(14)21-20-11-3-6-17-7-4-11;/h3-10H,2H2,1H3,(H,17,20)(H,19,21);1H. The number of carbonyl (C=O) groups is 1. The van der Waals surface area contributed by atoms with Gasteiger partial charge in [-0.15, -0.1) is 12.4 Å². The molecule has 3 rings (SSSR count). The summed E-state index contributed by atoms with van der Waals surface area (Å²) in [5.74, 6) is 0.232. The number of ether oxygens (including phenoxy) is 2. The highest BCUT2D eigenvalue weighted by Gasteiger charge is 2.14. The average Bonchev–Trinajstić information content (AvgIpc) is 2.62. The van der Waals surface area contributed by atoms with E-state index in [-0.39, 0.29) is 24.8 Å². The van der Waals surface area contributed by atoms with Gasteiger partial charge in [0.25, 0.3) is 0 Å². The number of fused-ring (bicyclic) bond motifs is 1. The highest BCUT2D eigenvalue weighted by atomic mass is 35.5. The van der Waals surface area contributed by atoms with Gasteiger partial charge in [0.1, 0.15) is 5.69 Å². The summed E-state index contributed by atoms with van der Waals surface area (Å²) < 4.78 is 10.0. The van der Waals surface area contributed by atoms with Crippen molar-refractivity contribution in [1.29, 1.82) is 0 Å². The number of anilines is 2. The van der Waals surface area contributed by atoms with E-state index in [1.54, 1.807) is 49.9 Å². The molecule has 0 saturated carbocycles. The zero-order valence-electron chi connectivity index (χ0n) is 13.3. The van der Waals surface area contributed by atoms with E-state index in [1.807, 2.05) is 0 Å². The van der Waals surface area contributed by atoms with E-state index in [0.717, 1.165) is 5.69 Å². The van der Waals surface area contributed by atoms with E-state index >= 15 is 0 Å². The summed E-state index contributed by atoms with van der Waals surface area (Å²) in [6.07, 6.45) is 7.25. The van der Waals surface area contributed by atoms with E-state index in [4.69, 9.17) is 9.47 Å². The van der Waals surface area contributed by atoms with Crippen molar-refractivity contribution in [2.24, 2.45) is 0 Å². The normalized spacial score (nSPS) is 9.80. The quantitative estimate of drug-likeness (QED) is 0.527. The molecular formula is C16H16ClN5O3. The summed E-state index contributed by atoms with van der Waals surface area (Å²) in [6, 6.07) is 5.35. The molecule has 0 bridgehead atoms. The van der Waals surface area contributed by atoms with Gasteiger partial charge in [-0.05, 0) is 25.1 Å². The van der Waals surface area contributed by atoms with Crippen LogP contribution in [0.5, 0.6) is 5.75 Å². The molecule has 3 aromatic rings. The molecule has 0 fully saturated rings. The molecule has 3 heterocycles. The second kappa shape index (κ2) is 8.65. The van der Waals surface area contributed by atoms with Gasteiger partial charge >= 0.3 is 6.16 Å². The molecule has 0 spiro atoms. The fourth-order valence-corrected chi connectivity index (χ4v) is 2.03. The van der Waals surface area contributed by atoms with E-state index in [2.05, 4.69) is 25.8 Å². The summed E-state index contributed by atoms with van der Waals surface area (Å²) in [6.45, 7) is 1.92. The lowest BCUT2D eigenvalue weighted by atomic mass is 10.2. The zero-order chi connectivity index (χ0) is 16.8. The van der Waals surface area contributed by atoms with Crippen LogP contribution in [0.1, 0.15) is 6.92 Å². The zero-order valence-corrected chi connectivity index (χ0v) is 14.1. The second-order valence-electron chi connectivity index (χ2n) is 4.66.